The van der Waals surface area contributed by atoms with Gasteiger partial charge in [0.25, 0.3) is 0 Å². The summed E-state index contributed by atoms with van der Waals surface area (Å²) in [7, 11) is 0. The lowest BCUT2D eigenvalue weighted by Gasteiger charge is -2.36. The topological polar surface area (TPSA) is 34.2 Å². The first kappa shape index (κ1) is 14.5. The van der Waals surface area contributed by atoms with Crippen molar-refractivity contribution in [3.8, 4) is 0 Å². The van der Waals surface area contributed by atoms with E-state index in [0.29, 0.717) is 11.3 Å². The summed E-state index contributed by atoms with van der Waals surface area (Å²) in [4.78, 5) is 2.61. The molecule has 1 aromatic heterocycles. The molecule has 2 N–H and O–H groups in total. The number of nitrogen functional groups attached to an aromatic ring is 1. The molecule has 1 aromatic carbocycles. The van der Waals surface area contributed by atoms with E-state index < -0.39 is 0 Å². The largest absolute Gasteiger partial charge is 0.339 e. The van der Waals surface area contributed by atoms with E-state index in [4.69, 9.17) is 5.84 Å². The summed E-state index contributed by atoms with van der Waals surface area (Å²) in [5.41, 5.74) is 2.97. The fourth-order valence-corrected chi connectivity index (χ4v) is 3.63. The van der Waals surface area contributed by atoms with E-state index in [1.54, 1.807) is 4.68 Å². The summed E-state index contributed by atoms with van der Waals surface area (Å²) >= 11 is 0. The van der Waals surface area contributed by atoms with Gasteiger partial charge in [-0.3, -0.25) is 4.68 Å². The van der Waals surface area contributed by atoms with E-state index in [-0.39, 0.29) is 0 Å². The van der Waals surface area contributed by atoms with Crippen molar-refractivity contribution in [1.82, 2.24) is 9.58 Å². The van der Waals surface area contributed by atoms with Gasteiger partial charge < -0.3 is 10.7 Å². The lowest BCUT2D eigenvalue weighted by atomic mass is 9.87. The molecule has 0 atom stereocenters. The van der Waals surface area contributed by atoms with Crippen molar-refractivity contribution in [1.29, 1.82) is 0 Å². The zero-order valence-corrected chi connectivity index (χ0v) is 13.5. The van der Waals surface area contributed by atoms with E-state index in [0.717, 1.165) is 5.52 Å². The van der Waals surface area contributed by atoms with Gasteiger partial charge in [-0.25, -0.2) is 0 Å². The van der Waals surface area contributed by atoms with Crippen LogP contribution in [0.4, 0.5) is 0 Å². The number of nitrogens with two attached hydrogens (primary N) is 1. The number of hydrogen-bond donors (Lipinski definition) is 1. The van der Waals surface area contributed by atoms with Crippen LogP contribution in [-0.2, 0) is 0 Å². The molecule has 3 heteroatoms. The van der Waals surface area contributed by atoms with E-state index in [1.807, 2.05) is 0 Å². The van der Waals surface area contributed by atoms with Crippen molar-refractivity contribution in [2.75, 3.05) is 25.5 Å². The zero-order valence-electron chi connectivity index (χ0n) is 13.5. The standard InChI is InChI=1S/C18H27N3/c1-18(2,3)13-20-10-8-14(9-11-20)16-12-21(19)17-7-5-4-6-15(16)17/h4-7,12,14H,8-11,13,19H2,1-3H3. The number of para-hydroxylation sites is 1. The molecule has 1 aliphatic rings. The summed E-state index contributed by atoms with van der Waals surface area (Å²) in [6, 6.07) is 8.48. The van der Waals surface area contributed by atoms with Crippen LogP contribution in [0.5, 0.6) is 0 Å². The Morgan fingerprint density at radius 2 is 1.81 bits per heavy atom. The highest BCUT2D eigenvalue weighted by atomic mass is 15.3. The fourth-order valence-electron chi connectivity index (χ4n) is 3.63. The molecule has 21 heavy (non-hydrogen) atoms. The Kier molecular flexibility index (Phi) is 3.70. The van der Waals surface area contributed by atoms with Crippen LogP contribution in [0, 0.1) is 5.41 Å². The summed E-state index contributed by atoms with van der Waals surface area (Å²) < 4.78 is 1.78. The Labute approximate surface area is 127 Å². The first-order valence-electron chi connectivity index (χ1n) is 8.01. The molecule has 0 saturated carbocycles. The molecule has 2 heterocycles. The average Bonchev–Trinajstić information content (AvgIpc) is 2.76. The van der Waals surface area contributed by atoms with Crippen LogP contribution in [0.15, 0.2) is 30.5 Å². The molecule has 0 spiro atoms. The highest BCUT2D eigenvalue weighted by molar-refractivity contribution is 5.84. The maximum Gasteiger partial charge on any atom is 0.0693 e. The van der Waals surface area contributed by atoms with Crippen LogP contribution in [0.25, 0.3) is 10.9 Å². The molecule has 3 rings (SSSR count). The molecule has 0 unspecified atom stereocenters. The molecule has 1 fully saturated rings. The van der Waals surface area contributed by atoms with Gasteiger partial charge in [0.15, 0.2) is 0 Å². The number of likely N-dealkylation sites (tertiary alicyclic amines) is 1. The minimum absolute atomic E-state index is 0.389. The smallest absolute Gasteiger partial charge is 0.0693 e. The number of hydrogen-bond acceptors (Lipinski definition) is 2. The Morgan fingerprint density at radius 1 is 1.14 bits per heavy atom. The lowest BCUT2D eigenvalue weighted by Crippen LogP contribution is -2.38. The predicted molar refractivity (Wildman–Crippen MR) is 90.0 cm³/mol. The first-order valence-corrected chi connectivity index (χ1v) is 8.01. The van der Waals surface area contributed by atoms with Gasteiger partial charge in [-0.1, -0.05) is 39.0 Å². The van der Waals surface area contributed by atoms with Crippen molar-refractivity contribution in [2.24, 2.45) is 5.41 Å². The Balaban J connectivity index is 1.74. The van der Waals surface area contributed by atoms with Gasteiger partial charge in [-0.2, -0.15) is 0 Å². The van der Waals surface area contributed by atoms with E-state index in [2.05, 4.69) is 56.1 Å². The van der Waals surface area contributed by atoms with E-state index in [9.17, 15) is 0 Å². The van der Waals surface area contributed by atoms with Gasteiger partial charge in [-0.05, 0) is 48.9 Å². The Bertz CT molecular complexity index is 613. The molecule has 1 saturated heterocycles. The lowest BCUT2D eigenvalue weighted by molar-refractivity contribution is 0.154. The molecule has 0 amide bonds. The number of nitrogens with zero attached hydrogens (tertiary/aromatic N) is 2. The first-order chi connectivity index (χ1) is 9.94. The molecule has 1 aliphatic heterocycles. The number of rotatable bonds is 2. The normalized spacial score (nSPS) is 18.4. The van der Waals surface area contributed by atoms with Gasteiger partial charge in [-0.15, -0.1) is 0 Å². The third-order valence-electron chi connectivity index (χ3n) is 4.50. The van der Waals surface area contributed by atoms with Crippen molar-refractivity contribution in [2.45, 2.75) is 39.5 Å². The third kappa shape index (κ3) is 3.08. The van der Waals surface area contributed by atoms with Gasteiger partial charge in [0.05, 0.1) is 5.52 Å². The average molecular weight is 285 g/mol. The van der Waals surface area contributed by atoms with Crippen molar-refractivity contribution in [3.05, 3.63) is 36.0 Å². The minimum atomic E-state index is 0.389. The molecular formula is C18H27N3. The quantitative estimate of drug-likeness (QED) is 0.856. The molecule has 3 nitrogen and oxygen atoms in total. The second-order valence-corrected chi connectivity index (χ2v) is 7.62. The molecule has 0 aliphatic carbocycles. The van der Waals surface area contributed by atoms with E-state index >= 15 is 0 Å². The minimum Gasteiger partial charge on any atom is -0.339 e. The van der Waals surface area contributed by atoms with Gasteiger partial charge >= 0.3 is 0 Å². The van der Waals surface area contributed by atoms with Gasteiger partial charge in [0.1, 0.15) is 0 Å². The molecule has 0 radical (unpaired) electrons. The predicted octanol–water partition coefficient (Wildman–Crippen LogP) is 3.58. The Hall–Kier alpha value is -1.48. The maximum atomic E-state index is 6.10. The number of piperidine rings is 1. The van der Waals surface area contributed by atoms with Crippen molar-refractivity contribution >= 4 is 10.9 Å². The van der Waals surface area contributed by atoms with Crippen molar-refractivity contribution in [3.63, 3.8) is 0 Å². The van der Waals surface area contributed by atoms with Crippen LogP contribution < -0.4 is 5.84 Å². The second kappa shape index (κ2) is 5.38. The number of aromatic nitrogens is 1. The summed E-state index contributed by atoms with van der Waals surface area (Å²) in [6.45, 7) is 10.6. The Morgan fingerprint density at radius 3 is 2.48 bits per heavy atom. The summed E-state index contributed by atoms with van der Waals surface area (Å²) in [5.74, 6) is 6.75. The summed E-state index contributed by atoms with van der Waals surface area (Å²) in [5, 5.41) is 1.33. The zero-order chi connectivity index (χ0) is 15.0. The van der Waals surface area contributed by atoms with Crippen LogP contribution >= 0.6 is 0 Å². The SMILES string of the molecule is CC(C)(C)CN1CCC(c2cn(N)c3ccccc23)CC1. The molecular weight excluding hydrogens is 258 g/mol. The fraction of sp³-hybridized carbons (Fsp3) is 0.556. The molecule has 114 valence electrons. The van der Waals surface area contributed by atoms with Gasteiger partial charge in [0, 0.05) is 18.1 Å². The second-order valence-electron chi connectivity index (χ2n) is 7.62. The van der Waals surface area contributed by atoms with E-state index in [1.165, 1.54) is 43.4 Å². The van der Waals surface area contributed by atoms with Crippen LogP contribution in [0.3, 0.4) is 0 Å². The van der Waals surface area contributed by atoms with Crippen molar-refractivity contribution < 1.29 is 0 Å². The summed E-state index contributed by atoms with van der Waals surface area (Å²) in [6.07, 6.45) is 4.61. The third-order valence-corrected chi connectivity index (χ3v) is 4.50. The van der Waals surface area contributed by atoms with Gasteiger partial charge in [0.2, 0.25) is 0 Å². The van der Waals surface area contributed by atoms with Crippen LogP contribution in [0.1, 0.15) is 45.1 Å². The monoisotopic (exact) mass is 285 g/mol. The van der Waals surface area contributed by atoms with Crippen LogP contribution in [0.2, 0.25) is 0 Å². The molecule has 0 bridgehead atoms. The highest BCUT2D eigenvalue weighted by Crippen LogP contribution is 2.34. The maximum absolute atomic E-state index is 6.10. The highest BCUT2D eigenvalue weighted by Gasteiger charge is 2.25. The number of benzene rings is 1. The van der Waals surface area contributed by atoms with Crippen LogP contribution in [-0.4, -0.2) is 29.2 Å². The number of fused-ring (bicyclic) bond motifs is 1. The molecule has 2 aromatic rings.